The predicted octanol–water partition coefficient (Wildman–Crippen LogP) is 3.77. The van der Waals surface area contributed by atoms with Crippen LogP contribution >= 0.6 is 0 Å². The van der Waals surface area contributed by atoms with E-state index in [0.29, 0.717) is 19.1 Å². The average molecular weight is 343 g/mol. The van der Waals surface area contributed by atoms with Gasteiger partial charge in [0.05, 0.1) is 5.92 Å². The number of anilines is 1. The molecule has 0 radical (unpaired) electrons. The van der Waals surface area contributed by atoms with E-state index in [-0.39, 0.29) is 17.9 Å². The third-order valence-corrected chi connectivity index (χ3v) is 5.31. The lowest BCUT2D eigenvalue weighted by atomic mass is 9.96. The van der Waals surface area contributed by atoms with Crippen LogP contribution in [0.15, 0.2) is 30.3 Å². The molecular weight excluding hydrogens is 314 g/mol. The number of para-hydroxylation sites is 1. The van der Waals surface area contributed by atoms with Gasteiger partial charge in [-0.05, 0) is 37.8 Å². The highest BCUT2D eigenvalue weighted by atomic mass is 16.2. The van der Waals surface area contributed by atoms with Crippen molar-refractivity contribution >= 4 is 17.6 Å². The average Bonchev–Trinajstić information content (AvgIpc) is 2.91. The molecule has 2 fully saturated rings. The normalized spacial score (nSPS) is 22.1. The number of carbonyl (C=O) groups is 2. The first-order valence-corrected chi connectivity index (χ1v) is 9.64. The van der Waals surface area contributed by atoms with Crippen LogP contribution in [0.4, 0.5) is 10.5 Å². The maximum atomic E-state index is 12.6. The molecule has 0 spiro atoms. The first-order valence-electron chi connectivity index (χ1n) is 9.64. The first kappa shape index (κ1) is 17.8. The molecule has 5 heteroatoms. The topological polar surface area (TPSA) is 61.4 Å². The molecule has 1 aromatic rings. The molecule has 3 rings (SSSR count). The van der Waals surface area contributed by atoms with Crippen molar-refractivity contribution in [2.75, 3.05) is 18.4 Å². The highest BCUT2D eigenvalue weighted by Crippen LogP contribution is 2.21. The number of carbonyl (C=O) groups excluding carboxylic acids is 2. The van der Waals surface area contributed by atoms with Gasteiger partial charge in [0.2, 0.25) is 5.91 Å². The van der Waals surface area contributed by atoms with Gasteiger partial charge in [-0.15, -0.1) is 0 Å². The van der Waals surface area contributed by atoms with Crippen LogP contribution in [-0.2, 0) is 4.79 Å². The van der Waals surface area contributed by atoms with E-state index in [1.807, 2.05) is 30.3 Å². The minimum absolute atomic E-state index is 0.0847. The number of hydrogen-bond donors (Lipinski definition) is 2. The Balaban J connectivity index is 1.51. The highest BCUT2D eigenvalue weighted by molar-refractivity contribution is 5.90. The molecule has 3 amide bonds. The van der Waals surface area contributed by atoms with Gasteiger partial charge < -0.3 is 15.5 Å². The van der Waals surface area contributed by atoms with Crippen LogP contribution in [0.25, 0.3) is 0 Å². The van der Waals surface area contributed by atoms with Gasteiger partial charge in [-0.3, -0.25) is 4.79 Å². The van der Waals surface area contributed by atoms with Crippen molar-refractivity contribution in [3.8, 4) is 0 Å². The van der Waals surface area contributed by atoms with E-state index < -0.39 is 0 Å². The van der Waals surface area contributed by atoms with Crippen molar-refractivity contribution in [2.45, 2.75) is 57.4 Å². The second-order valence-electron chi connectivity index (χ2n) is 7.28. The second kappa shape index (κ2) is 8.88. The third-order valence-electron chi connectivity index (χ3n) is 5.31. The number of hydrogen-bond acceptors (Lipinski definition) is 2. The monoisotopic (exact) mass is 343 g/mol. The molecule has 1 aliphatic heterocycles. The quantitative estimate of drug-likeness (QED) is 0.821. The molecule has 2 aliphatic rings. The molecule has 2 N–H and O–H groups in total. The maximum absolute atomic E-state index is 12.6. The predicted molar refractivity (Wildman–Crippen MR) is 99.4 cm³/mol. The van der Waals surface area contributed by atoms with E-state index in [1.165, 1.54) is 25.7 Å². The Kier molecular flexibility index (Phi) is 6.31. The number of rotatable bonds is 3. The summed E-state index contributed by atoms with van der Waals surface area (Å²) in [5, 5.41) is 6.16. The minimum atomic E-state index is -0.113. The molecule has 5 nitrogen and oxygen atoms in total. The SMILES string of the molecule is O=C(NC1CCCCCC1)C1CCCN(C(=O)Nc2ccccc2)C1. The molecule has 1 heterocycles. The minimum Gasteiger partial charge on any atom is -0.353 e. The number of nitrogens with one attached hydrogen (secondary N) is 2. The Hall–Kier alpha value is -2.04. The Morgan fingerprint density at radius 1 is 0.920 bits per heavy atom. The van der Waals surface area contributed by atoms with Gasteiger partial charge >= 0.3 is 6.03 Å². The zero-order valence-corrected chi connectivity index (χ0v) is 14.9. The fourth-order valence-electron chi connectivity index (χ4n) is 3.84. The molecule has 136 valence electrons. The number of likely N-dealkylation sites (tertiary alicyclic amines) is 1. The van der Waals surface area contributed by atoms with Crippen LogP contribution in [0.1, 0.15) is 51.4 Å². The van der Waals surface area contributed by atoms with E-state index in [2.05, 4.69) is 10.6 Å². The zero-order valence-electron chi connectivity index (χ0n) is 14.9. The summed E-state index contributed by atoms with van der Waals surface area (Å²) in [4.78, 5) is 26.9. The van der Waals surface area contributed by atoms with Gasteiger partial charge in [-0.2, -0.15) is 0 Å². The first-order chi connectivity index (χ1) is 12.2. The number of urea groups is 1. The molecule has 0 bridgehead atoms. The third kappa shape index (κ3) is 5.21. The zero-order chi connectivity index (χ0) is 17.5. The summed E-state index contributed by atoms with van der Waals surface area (Å²) in [7, 11) is 0. The van der Waals surface area contributed by atoms with Gasteiger partial charge in [-0.1, -0.05) is 43.9 Å². The van der Waals surface area contributed by atoms with Crippen molar-refractivity contribution in [1.82, 2.24) is 10.2 Å². The summed E-state index contributed by atoms with van der Waals surface area (Å²) in [6, 6.07) is 9.67. The molecule has 25 heavy (non-hydrogen) atoms. The van der Waals surface area contributed by atoms with Crippen molar-refractivity contribution in [2.24, 2.45) is 5.92 Å². The van der Waals surface area contributed by atoms with Gasteiger partial charge in [0.1, 0.15) is 0 Å². The van der Waals surface area contributed by atoms with Gasteiger partial charge in [0.25, 0.3) is 0 Å². The fourth-order valence-corrected chi connectivity index (χ4v) is 3.84. The number of amides is 3. The number of nitrogens with zero attached hydrogens (tertiary/aromatic N) is 1. The molecule has 1 saturated heterocycles. The van der Waals surface area contributed by atoms with Crippen LogP contribution in [0.2, 0.25) is 0 Å². The lowest BCUT2D eigenvalue weighted by Gasteiger charge is -2.33. The van der Waals surface area contributed by atoms with Crippen molar-refractivity contribution < 1.29 is 9.59 Å². The Morgan fingerprint density at radius 2 is 1.64 bits per heavy atom. The number of benzene rings is 1. The highest BCUT2D eigenvalue weighted by Gasteiger charge is 2.29. The lowest BCUT2D eigenvalue weighted by molar-refractivity contribution is -0.127. The molecule has 1 unspecified atom stereocenters. The fraction of sp³-hybridized carbons (Fsp3) is 0.600. The summed E-state index contributed by atoms with van der Waals surface area (Å²) < 4.78 is 0. The van der Waals surface area contributed by atoms with E-state index in [0.717, 1.165) is 31.4 Å². The Bertz CT molecular complexity index is 568. The van der Waals surface area contributed by atoms with E-state index >= 15 is 0 Å². The van der Waals surface area contributed by atoms with Crippen LogP contribution in [0, 0.1) is 5.92 Å². The molecule has 0 aromatic heterocycles. The van der Waals surface area contributed by atoms with Gasteiger partial charge in [0, 0.05) is 24.8 Å². The van der Waals surface area contributed by atoms with Gasteiger partial charge in [0.15, 0.2) is 0 Å². The molecule has 1 aromatic carbocycles. The summed E-state index contributed by atoms with van der Waals surface area (Å²) in [5.41, 5.74) is 0.789. The molecule has 1 aliphatic carbocycles. The maximum Gasteiger partial charge on any atom is 0.321 e. The standard InChI is InChI=1S/C20H29N3O2/c24-19(21-17-10-4-1-2-5-11-17)16-9-8-14-23(15-16)20(25)22-18-12-6-3-7-13-18/h3,6-7,12-13,16-17H,1-2,4-5,8-11,14-15H2,(H,21,24)(H,22,25). The van der Waals surface area contributed by atoms with E-state index in [4.69, 9.17) is 0 Å². The molecular formula is C20H29N3O2. The van der Waals surface area contributed by atoms with Crippen LogP contribution in [-0.4, -0.2) is 36.0 Å². The van der Waals surface area contributed by atoms with Crippen LogP contribution in [0.5, 0.6) is 0 Å². The Morgan fingerprint density at radius 3 is 2.36 bits per heavy atom. The largest absolute Gasteiger partial charge is 0.353 e. The lowest BCUT2D eigenvalue weighted by Crippen LogP contribution is -2.48. The Labute approximate surface area is 150 Å². The molecule has 1 atom stereocenters. The van der Waals surface area contributed by atoms with Crippen molar-refractivity contribution in [3.63, 3.8) is 0 Å². The van der Waals surface area contributed by atoms with E-state index in [1.54, 1.807) is 4.90 Å². The van der Waals surface area contributed by atoms with Crippen LogP contribution < -0.4 is 10.6 Å². The van der Waals surface area contributed by atoms with Gasteiger partial charge in [-0.25, -0.2) is 4.79 Å². The number of piperidine rings is 1. The van der Waals surface area contributed by atoms with Crippen LogP contribution in [0.3, 0.4) is 0 Å². The molecule has 1 saturated carbocycles. The summed E-state index contributed by atoms with van der Waals surface area (Å²) in [5.74, 6) is 0.0441. The van der Waals surface area contributed by atoms with Crippen molar-refractivity contribution in [3.05, 3.63) is 30.3 Å². The summed E-state index contributed by atoms with van der Waals surface area (Å²) in [6.45, 7) is 1.23. The van der Waals surface area contributed by atoms with Crippen molar-refractivity contribution in [1.29, 1.82) is 0 Å². The second-order valence-corrected chi connectivity index (χ2v) is 7.28. The summed E-state index contributed by atoms with van der Waals surface area (Å²) >= 11 is 0. The smallest absolute Gasteiger partial charge is 0.321 e. The van der Waals surface area contributed by atoms with E-state index in [9.17, 15) is 9.59 Å². The summed E-state index contributed by atoms with van der Waals surface area (Å²) in [6.07, 6.45) is 8.92.